The van der Waals surface area contributed by atoms with E-state index >= 15 is 0 Å². The van der Waals surface area contributed by atoms with E-state index in [1.54, 1.807) is 0 Å². The van der Waals surface area contributed by atoms with Gasteiger partial charge in [-0.15, -0.1) is 0 Å². The van der Waals surface area contributed by atoms with Gasteiger partial charge in [0.25, 0.3) is 0 Å². The fourth-order valence-corrected chi connectivity index (χ4v) is 2.46. The number of thioether (sulfide) groups is 1. The van der Waals surface area contributed by atoms with Crippen LogP contribution in [0.3, 0.4) is 0 Å². The van der Waals surface area contributed by atoms with Crippen LogP contribution in [-0.2, 0) is 0 Å². The van der Waals surface area contributed by atoms with E-state index in [1.807, 2.05) is 11.8 Å². The number of hydrogen-bond acceptors (Lipinski definition) is 2. The van der Waals surface area contributed by atoms with Gasteiger partial charge in [0, 0.05) is 6.61 Å². The maximum Gasteiger partial charge on any atom is 0.0431 e. The summed E-state index contributed by atoms with van der Waals surface area (Å²) in [5, 5.41) is 9.50. The van der Waals surface area contributed by atoms with Crippen LogP contribution in [0.2, 0.25) is 0 Å². The Labute approximate surface area is 87.3 Å². The first-order valence-electron chi connectivity index (χ1n) is 5.30. The first-order chi connectivity index (χ1) is 6.07. The highest BCUT2D eigenvalue weighted by Gasteiger charge is 2.13. The Bertz CT molecular complexity index is 113. The zero-order chi connectivity index (χ0) is 10.3. The lowest BCUT2D eigenvalue weighted by Gasteiger charge is -2.20. The summed E-state index contributed by atoms with van der Waals surface area (Å²) in [6.45, 7) is 9.39. The third-order valence-corrected chi connectivity index (χ3v) is 3.61. The lowest BCUT2D eigenvalue weighted by Crippen LogP contribution is -2.13. The molecule has 0 saturated carbocycles. The molecule has 0 bridgehead atoms. The van der Waals surface area contributed by atoms with E-state index < -0.39 is 0 Å². The second-order valence-corrected chi connectivity index (χ2v) is 5.86. The zero-order valence-electron chi connectivity index (χ0n) is 9.42. The van der Waals surface area contributed by atoms with Crippen molar-refractivity contribution >= 4 is 11.8 Å². The molecule has 0 aromatic rings. The quantitative estimate of drug-likeness (QED) is 0.687. The van der Waals surface area contributed by atoms with Gasteiger partial charge in [0.1, 0.15) is 0 Å². The summed E-state index contributed by atoms with van der Waals surface area (Å²) in [4.78, 5) is 0. The molecule has 2 heteroatoms. The van der Waals surface area contributed by atoms with E-state index in [4.69, 9.17) is 5.11 Å². The monoisotopic (exact) mass is 204 g/mol. The second kappa shape index (κ2) is 7.69. The normalized spacial score (nSPS) is 14.1. The largest absolute Gasteiger partial charge is 0.396 e. The smallest absolute Gasteiger partial charge is 0.0431 e. The van der Waals surface area contributed by atoms with E-state index in [1.165, 1.54) is 12.2 Å². The van der Waals surface area contributed by atoms with Gasteiger partial charge in [0.2, 0.25) is 0 Å². The molecule has 0 saturated heterocycles. The van der Waals surface area contributed by atoms with Gasteiger partial charge in [-0.2, -0.15) is 11.8 Å². The van der Waals surface area contributed by atoms with Crippen LogP contribution in [0, 0.1) is 11.8 Å². The van der Waals surface area contributed by atoms with E-state index in [0.717, 1.165) is 23.5 Å². The van der Waals surface area contributed by atoms with Gasteiger partial charge in [0.15, 0.2) is 0 Å². The Morgan fingerprint density at radius 2 is 1.77 bits per heavy atom. The highest BCUT2D eigenvalue weighted by atomic mass is 32.2. The molecule has 0 radical (unpaired) electrons. The van der Waals surface area contributed by atoms with Crippen LogP contribution in [0.5, 0.6) is 0 Å². The molecule has 0 aromatic heterocycles. The molecule has 0 spiro atoms. The molecule has 1 N–H and O–H groups in total. The average Bonchev–Trinajstić information content (AvgIpc) is 2.03. The summed E-state index contributed by atoms with van der Waals surface area (Å²) in [6, 6.07) is 0. The summed E-state index contributed by atoms with van der Waals surface area (Å²) in [5.74, 6) is 2.77. The Balaban J connectivity index is 3.67. The molecule has 0 heterocycles. The number of rotatable bonds is 7. The Morgan fingerprint density at radius 3 is 2.15 bits per heavy atom. The van der Waals surface area contributed by atoms with Crippen molar-refractivity contribution in [1.29, 1.82) is 0 Å². The Kier molecular flexibility index (Phi) is 7.87. The van der Waals surface area contributed by atoms with Crippen LogP contribution in [0.25, 0.3) is 0 Å². The summed E-state index contributed by atoms with van der Waals surface area (Å²) in [7, 11) is 0. The van der Waals surface area contributed by atoms with Gasteiger partial charge in [-0.05, 0) is 35.7 Å². The second-order valence-electron chi connectivity index (χ2n) is 4.25. The van der Waals surface area contributed by atoms with E-state index in [9.17, 15) is 0 Å². The fourth-order valence-electron chi connectivity index (χ4n) is 1.28. The number of aliphatic hydroxyl groups is 1. The molecule has 0 aliphatic carbocycles. The van der Waals surface area contributed by atoms with E-state index in [0.29, 0.717) is 6.61 Å². The predicted molar refractivity (Wildman–Crippen MR) is 62.2 cm³/mol. The molecule has 0 rings (SSSR count). The Hall–Kier alpha value is 0.310. The standard InChI is InChI=1S/C11H24OS/c1-9(2)11(6-5-7-12)8-13-10(3)4/h9-12H,5-8H2,1-4H3. The van der Waals surface area contributed by atoms with Crippen molar-refractivity contribution in [1.82, 2.24) is 0 Å². The predicted octanol–water partition coefficient (Wildman–Crippen LogP) is 3.17. The van der Waals surface area contributed by atoms with Gasteiger partial charge in [-0.1, -0.05) is 27.7 Å². The molecular formula is C11H24OS. The molecule has 0 amide bonds. The highest BCUT2D eigenvalue weighted by Crippen LogP contribution is 2.24. The van der Waals surface area contributed by atoms with Gasteiger partial charge in [-0.25, -0.2) is 0 Å². The number of hydrogen-bond donors (Lipinski definition) is 1. The van der Waals surface area contributed by atoms with Crippen LogP contribution in [0.15, 0.2) is 0 Å². The first kappa shape index (κ1) is 13.3. The van der Waals surface area contributed by atoms with Crippen LogP contribution < -0.4 is 0 Å². The molecular weight excluding hydrogens is 180 g/mol. The van der Waals surface area contributed by atoms with Crippen molar-refractivity contribution in [3.63, 3.8) is 0 Å². The van der Waals surface area contributed by atoms with E-state index in [-0.39, 0.29) is 0 Å². The maximum absolute atomic E-state index is 8.77. The SMILES string of the molecule is CC(C)SCC(CCCO)C(C)C. The molecule has 0 fully saturated rings. The Morgan fingerprint density at radius 1 is 1.15 bits per heavy atom. The maximum atomic E-state index is 8.77. The van der Waals surface area contributed by atoms with E-state index in [2.05, 4.69) is 27.7 Å². The van der Waals surface area contributed by atoms with Crippen molar-refractivity contribution in [3.8, 4) is 0 Å². The molecule has 1 nitrogen and oxygen atoms in total. The minimum atomic E-state index is 0.343. The van der Waals surface area contributed by atoms with Crippen molar-refractivity contribution in [2.75, 3.05) is 12.4 Å². The summed E-state index contributed by atoms with van der Waals surface area (Å²) in [6.07, 6.45) is 2.13. The lowest BCUT2D eigenvalue weighted by atomic mass is 9.93. The average molecular weight is 204 g/mol. The van der Waals surface area contributed by atoms with Gasteiger partial charge < -0.3 is 5.11 Å². The third-order valence-electron chi connectivity index (χ3n) is 2.32. The summed E-state index contributed by atoms with van der Waals surface area (Å²) in [5.41, 5.74) is 0. The van der Waals surface area contributed by atoms with Gasteiger partial charge in [-0.3, -0.25) is 0 Å². The lowest BCUT2D eigenvalue weighted by molar-refractivity contribution is 0.263. The van der Waals surface area contributed by atoms with Crippen molar-refractivity contribution in [2.45, 2.75) is 45.8 Å². The summed E-state index contributed by atoms with van der Waals surface area (Å²) >= 11 is 2.04. The topological polar surface area (TPSA) is 20.2 Å². The summed E-state index contributed by atoms with van der Waals surface area (Å²) < 4.78 is 0. The van der Waals surface area contributed by atoms with Crippen molar-refractivity contribution in [3.05, 3.63) is 0 Å². The minimum absolute atomic E-state index is 0.343. The molecule has 1 atom stereocenters. The molecule has 1 unspecified atom stereocenters. The molecule has 0 aliphatic rings. The van der Waals surface area contributed by atoms with Gasteiger partial charge >= 0.3 is 0 Å². The minimum Gasteiger partial charge on any atom is -0.396 e. The first-order valence-corrected chi connectivity index (χ1v) is 6.35. The van der Waals surface area contributed by atoms with Crippen molar-refractivity contribution in [2.24, 2.45) is 11.8 Å². The van der Waals surface area contributed by atoms with Crippen LogP contribution in [0.1, 0.15) is 40.5 Å². The highest BCUT2D eigenvalue weighted by molar-refractivity contribution is 7.99. The van der Waals surface area contributed by atoms with Crippen LogP contribution in [-0.4, -0.2) is 22.7 Å². The van der Waals surface area contributed by atoms with Crippen LogP contribution in [0.4, 0.5) is 0 Å². The molecule has 13 heavy (non-hydrogen) atoms. The fraction of sp³-hybridized carbons (Fsp3) is 1.00. The third kappa shape index (κ3) is 7.39. The zero-order valence-corrected chi connectivity index (χ0v) is 10.2. The molecule has 0 aliphatic heterocycles. The van der Waals surface area contributed by atoms with Gasteiger partial charge in [0.05, 0.1) is 0 Å². The van der Waals surface area contributed by atoms with Crippen LogP contribution >= 0.6 is 11.8 Å². The number of aliphatic hydroxyl groups excluding tert-OH is 1. The molecule has 80 valence electrons. The molecule has 0 aromatic carbocycles. The van der Waals surface area contributed by atoms with Crippen molar-refractivity contribution < 1.29 is 5.11 Å².